The molecule has 2 atom stereocenters. The van der Waals surface area contributed by atoms with Crippen LogP contribution in [0.1, 0.15) is 64.2 Å². The van der Waals surface area contributed by atoms with Crippen molar-refractivity contribution in [3.05, 3.63) is 18.2 Å². The second kappa shape index (κ2) is 8.27. The number of sulfonamides is 1. The van der Waals surface area contributed by atoms with E-state index in [2.05, 4.69) is 21.2 Å². The first-order valence-electron chi connectivity index (χ1n) is 11.9. The number of rotatable bonds is 6. The van der Waals surface area contributed by atoms with E-state index in [1.165, 1.54) is 30.7 Å². The molecule has 4 bridgehead atoms. The van der Waals surface area contributed by atoms with Gasteiger partial charge in [-0.25, -0.2) is 8.42 Å². The summed E-state index contributed by atoms with van der Waals surface area (Å²) < 4.78 is 33.6. The zero-order valence-electron chi connectivity index (χ0n) is 18.7. The third kappa shape index (κ3) is 4.23. The van der Waals surface area contributed by atoms with Crippen LogP contribution < -0.4 is 10.1 Å². The summed E-state index contributed by atoms with van der Waals surface area (Å²) in [5.41, 5.74) is 0.594. The molecule has 1 amide bonds. The van der Waals surface area contributed by atoms with Crippen LogP contribution in [-0.4, -0.2) is 43.2 Å². The fourth-order valence-electron chi connectivity index (χ4n) is 7.29. The van der Waals surface area contributed by atoms with Crippen molar-refractivity contribution < 1.29 is 17.9 Å². The number of benzene rings is 1. The molecule has 1 aliphatic heterocycles. The summed E-state index contributed by atoms with van der Waals surface area (Å²) in [5, 5.41) is 3.00. The lowest BCUT2D eigenvalue weighted by molar-refractivity contribution is -0.123. The fraction of sp³-hybridized carbons (Fsp3) is 0.708. The van der Waals surface area contributed by atoms with Crippen molar-refractivity contribution in [3.8, 4) is 5.75 Å². The maximum atomic E-state index is 13.3. The highest BCUT2D eigenvalue weighted by Gasteiger charge is 2.57. The number of nitrogens with one attached hydrogen (secondary N) is 1. The summed E-state index contributed by atoms with van der Waals surface area (Å²) in [6, 6.07) is 4.94. The number of hydrogen-bond donors (Lipinski definition) is 1. The molecule has 5 fully saturated rings. The molecule has 0 spiro atoms. The number of nitrogens with zero attached hydrogens (tertiary/aromatic N) is 1. The number of piperidine rings is 1. The summed E-state index contributed by atoms with van der Waals surface area (Å²) in [5.74, 6) is 1.75. The smallest absolute Gasteiger partial charge is 0.246 e. The predicted molar refractivity (Wildman–Crippen MR) is 128 cm³/mol. The quantitative estimate of drug-likeness (QED) is 0.535. The minimum atomic E-state index is -3.66. The van der Waals surface area contributed by atoms with Crippen LogP contribution in [0.4, 0.5) is 5.69 Å². The van der Waals surface area contributed by atoms with E-state index in [0.29, 0.717) is 30.9 Å². The Morgan fingerprint density at radius 3 is 2.47 bits per heavy atom. The average Bonchev–Trinajstić information content (AvgIpc) is 2.72. The molecule has 1 heterocycles. The number of carbonyl (C=O) groups excluding carboxylic acids is 1. The summed E-state index contributed by atoms with van der Waals surface area (Å²) in [6.07, 6.45) is 10.4. The third-order valence-corrected chi connectivity index (χ3v) is 10.9. The molecule has 4 saturated carbocycles. The molecule has 0 radical (unpaired) electrons. The van der Waals surface area contributed by atoms with Crippen molar-refractivity contribution >= 4 is 37.5 Å². The molecule has 176 valence electrons. The number of hydrogen-bond acceptors (Lipinski definition) is 4. The Hall–Kier alpha value is -1.12. The van der Waals surface area contributed by atoms with E-state index in [1.54, 1.807) is 18.2 Å². The third-order valence-electron chi connectivity index (χ3n) is 8.03. The average molecular weight is 526 g/mol. The molecule has 5 aliphatic rings. The van der Waals surface area contributed by atoms with E-state index in [-0.39, 0.29) is 20.5 Å². The number of halogens is 1. The number of amides is 1. The lowest BCUT2D eigenvalue weighted by Gasteiger charge is -2.60. The van der Waals surface area contributed by atoms with Gasteiger partial charge in [0.05, 0.1) is 7.11 Å². The van der Waals surface area contributed by atoms with Crippen LogP contribution in [0, 0.1) is 17.3 Å². The van der Waals surface area contributed by atoms with E-state index in [9.17, 15) is 13.2 Å². The van der Waals surface area contributed by atoms with E-state index < -0.39 is 10.0 Å². The van der Waals surface area contributed by atoms with Gasteiger partial charge in [0.15, 0.2) is 0 Å². The van der Waals surface area contributed by atoms with Crippen molar-refractivity contribution in [2.24, 2.45) is 17.3 Å². The van der Waals surface area contributed by atoms with Gasteiger partial charge in [-0.1, -0.05) is 22.4 Å². The van der Waals surface area contributed by atoms with Gasteiger partial charge >= 0.3 is 0 Å². The van der Waals surface area contributed by atoms with Crippen molar-refractivity contribution in [2.45, 2.75) is 73.4 Å². The maximum absolute atomic E-state index is 13.3. The van der Waals surface area contributed by atoms with Crippen LogP contribution in [-0.2, 0) is 14.8 Å². The second-order valence-corrected chi connectivity index (χ2v) is 14.3. The number of methoxy groups -OCH3 is 1. The van der Waals surface area contributed by atoms with Gasteiger partial charge in [0, 0.05) is 29.5 Å². The van der Waals surface area contributed by atoms with Gasteiger partial charge in [-0.3, -0.25) is 4.79 Å². The molecule has 0 unspecified atom stereocenters. The topological polar surface area (TPSA) is 75.7 Å². The Bertz CT molecular complexity index is 991. The van der Waals surface area contributed by atoms with Crippen LogP contribution in [0.5, 0.6) is 5.75 Å². The van der Waals surface area contributed by atoms with Gasteiger partial charge in [0.2, 0.25) is 15.9 Å². The normalized spacial score (nSPS) is 34.4. The Labute approximate surface area is 199 Å². The molecule has 32 heavy (non-hydrogen) atoms. The Morgan fingerprint density at radius 1 is 1.16 bits per heavy atom. The molecular formula is C24H33BrN2O4S. The highest BCUT2D eigenvalue weighted by molar-refractivity contribution is 9.10. The Kier molecular flexibility index (Phi) is 5.86. The first-order valence-corrected chi connectivity index (χ1v) is 14.1. The molecule has 8 heteroatoms. The summed E-state index contributed by atoms with van der Waals surface area (Å²) >= 11 is 4.02. The first-order chi connectivity index (χ1) is 15.2. The molecule has 4 aliphatic carbocycles. The highest BCUT2D eigenvalue weighted by atomic mass is 79.9. The monoisotopic (exact) mass is 524 g/mol. The van der Waals surface area contributed by atoms with Crippen molar-refractivity contribution in [2.75, 3.05) is 25.5 Å². The Morgan fingerprint density at radius 2 is 1.84 bits per heavy atom. The van der Waals surface area contributed by atoms with Crippen LogP contribution >= 0.6 is 15.9 Å². The van der Waals surface area contributed by atoms with Gasteiger partial charge in [0.1, 0.15) is 10.6 Å². The molecule has 0 aromatic heterocycles. The summed E-state index contributed by atoms with van der Waals surface area (Å²) in [6.45, 7) is 1.06. The van der Waals surface area contributed by atoms with Crippen molar-refractivity contribution in [1.29, 1.82) is 0 Å². The molecule has 1 saturated heterocycles. The molecular weight excluding hydrogens is 492 g/mol. The molecule has 1 N–H and O–H groups in total. The summed E-state index contributed by atoms with van der Waals surface area (Å²) in [4.78, 5) is 13.2. The number of anilines is 1. The molecule has 1 aromatic carbocycles. The van der Waals surface area contributed by atoms with Crippen LogP contribution in [0.3, 0.4) is 0 Å². The van der Waals surface area contributed by atoms with Gasteiger partial charge in [0.25, 0.3) is 0 Å². The van der Waals surface area contributed by atoms with Crippen molar-refractivity contribution in [1.82, 2.24) is 4.31 Å². The molecule has 6 rings (SSSR count). The van der Waals surface area contributed by atoms with E-state index >= 15 is 0 Å². The zero-order chi connectivity index (χ0) is 22.6. The lowest BCUT2D eigenvalue weighted by Crippen LogP contribution is -2.53. The Balaban J connectivity index is 1.33. The van der Waals surface area contributed by atoms with Crippen molar-refractivity contribution in [3.63, 3.8) is 0 Å². The second-order valence-electron chi connectivity index (χ2n) is 10.7. The fourth-order valence-corrected chi connectivity index (χ4v) is 10.5. The summed E-state index contributed by atoms with van der Waals surface area (Å²) in [7, 11) is -2.19. The van der Waals surface area contributed by atoms with Gasteiger partial charge in [-0.2, -0.15) is 4.31 Å². The van der Waals surface area contributed by atoms with Crippen LogP contribution in [0.25, 0.3) is 0 Å². The number of alkyl halides is 1. The highest BCUT2D eigenvalue weighted by Crippen LogP contribution is 2.65. The maximum Gasteiger partial charge on any atom is 0.246 e. The van der Waals surface area contributed by atoms with E-state index in [4.69, 9.17) is 4.74 Å². The van der Waals surface area contributed by atoms with E-state index in [0.717, 1.165) is 50.4 Å². The SMILES string of the molecule is COc1ccc(NC(=O)CC23C[C@H]4C[C@@H](CC(Br)(C4)C2)C3)cc1S(=O)(=O)N1CCCCC1. The molecule has 6 nitrogen and oxygen atoms in total. The van der Waals surface area contributed by atoms with Crippen LogP contribution in [0.2, 0.25) is 0 Å². The number of carbonyl (C=O) groups is 1. The lowest BCUT2D eigenvalue weighted by atomic mass is 9.48. The van der Waals surface area contributed by atoms with Crippen LogP contribution in [0.15, 0.2) is 23.1 Å². The standard InChI is InChI=1S/C24H33BrN2O4S/c1-31-20-6-5-19(10-21(20)32(29,30)27-7-3-2-4-8-27)26-22(28)15-23-11-17-9-18(12-23)14-24(25,13-17)16-23/h5-6,10,17-18H,2-4,7-9,11-16H2,1H3,(H,26,28)/t17-,18-,23?,24?/m1/s1. The minimum Gasteiger partial charge on any atom is -0.495 e. The van der Waals surface area contributed by atoms with Gasteiger partial charge in [-0.15, -0.1) is 0 Å². The largest absolute Gasteiger partial charge is 0.495 e. The first kappa shape index (κ1) is 22.7. The minimum absolute atomic E-state index is 0.0189. The van der Waals surface area contributed by atoms with E-state index in [1.807, 2.05) is 0 Å². The van der Waals surface area contributed by atoms with Gasteiger partial charge in [-0.05, 0) is 86.8 Å². The predicted octanol–water partition coefficient (Wildman–Crippen LogP) is 4.93. The van der Waals surface area contributed by atoms with Gasteiger partial charge < -0.3 is 10.1 Å². The number of ether oxygens (including phenoxy) is 1. The molecule has 1 aromatic rings. The zero-order valence-corrected chi connectivity index (χ0v) is 21.1.